The molecule has 26 heavy (non-hydrogen) atoms. The molecule has 5 heteroatoms. The fourth-order valence-electron chi connectivity index (χ4n) is 4.82. The topological polar surface area (TPSA) is 49.2 Å². The van der Waals surface area contributed by atoms with Crippen molar-refractivity contribution in [3.63, 3.8) is 0 Å². The quantitative estimate of drug-likeness (QED) is 0.761. The number of rotatable bonds is 5. The Hall–Kier alpha value is -1.46. The Morgan fingerprint density at radius 3 is 2.69 bits per heavy atom. The summed E-state index contributed by atoms with van der Waals surface area (Å²) in [6, 6.07) is 4.67. The van der Waals surface area contributed by atoms with E-state index < -0.39 is 0 Å². The van der Waals surface area contributed by atoms with Gasteiger partial charge in [-0.2, -0.15) is 0 Å². The first-order valence-corrected chi connectivity index (χ1v) is 10.0. The highest BCUT2D eigenvalue weighted by Crippen LogP contribution is 2.40. The summed E-state index contributed by atoms with van der Waals surface area (Å²) in [4.78, 5) is 2.50. The molecule has 1 aliphatic carbocycles. The number of nitrogens with zero attached hydrogens (tertiary/aromatic N) is 2. The summed E-state index contributed by atoms with van der Waals surface area (Å²) in [6.45, 7) is 3.20. The van der Waals surface area contributed by atoms with E-state index in [1.807, 2.05) is 0 Å². The Morgan fingerprint density at radius 2 is 1.96 bits per heavy atom. The minimum atomic E-state index is -0.287. The fourth-order valence-corrected chi connectivity index (χ4v) is 4.82. The van der Waals surface area contributed by atoms with E-state index in [0.717, 1.165) is 62.8 Å². The molecule has 2 heterocycles. The Bertz CT molecular complexity index is 731. The predicted molar refractivity (Wildman–Crippen MR) is 98.1 cm³/mol. The number of hydrogen-bond acceptors (Lipinski definition) is 3. The van der Waals surface area contributed by atoms with Crippen LogP contribution < -0.4 is 0 Å². The lowest BCUT2D eigenvalue weighted by Crippen LogP contribution is -2.38. The fraction of sp³-hybridized carbons (Fsp3) is 0.667. The maximum Gasteiger partial charge on any atom is 0.170 e. The van der Waals surface area contributed by atoms with Crippen molar-refractivity contribution < 1.29 is 14.0 Å². The van der Waals surface area contributed by atoms with Crippen LogP contribution in [-0.2, 0) is 5.11 Å². The Kier molecular flexibility index (Phi) is 5.28. The smallest absolute Gasteiger partial charge is 0.170 e. The largest absolute Gasteiger partial charge is 0.356 e. The van der Waals surface area contributed by atoms with Gasteiger partial charge in [-0.15, -0.1) is 0 Å². The molecule has 1 saturated heterocycles. The predicted octanol–water partition coefficient (Wildman–Crippen LogP) is 4.92. The first-order chi connectivity index (χ1) is 12.7. The molecule has 0 unspecified atom stereocenters. The summed E-state index contributed by atoms with van der Waals surface area (Å²) in [7, 11) is 0. The van der Waals surface area contributed by atoms with Crippen molar-refractivity contribution in [3.05, 3.63) is 29.7 Å². The van der Waals surface area contributed by atoms with Crippen LogP contribution in [0.15, 0.2) is 22.7 Å². The molecule has 1 radical (unpaired) electrons. The molecule has 0 atom stereocenters. The van der Waals surface area contributed by atoms with Gasteiger partial charge in [-0.25, -0.2) is 9.50 Å². The lowest BCUT2D eigenvalue weighted by molar-refractivity contribution is 0.0212. The third kappa shape index (κ3) is 3.65. The van der Waals surface area contributed by atoms with Gasteiger partial charge in [0.15, 0.2) is 5.58 Å². The average Bonchev–Trinajstić information content (AvgIpc) is 3.10. The lowest BCUT2D eigenvalue weighted by atomic mass is 9.72. The summed E-state index contributed by atoms with van der Waals surface area (Å²) in [6.07, 6.45) is 9.12. The maximum absolute atomic E-state index is 13.3. The SMILES string of the molecule is [O]CC1(CCN2CCC(c3noc4cc(F)ccc34)CC2)CCCCC1. The van der Waals surface area contributed by atoms with Crippen LogP contribution in [0.25, 0.3) is 11.0 Å². The van der Waals surface area contributed by atoms with E-state index in [1.165, 1.54) is 31.4 Å². The van der Waals surface area contributed by atoms with Gasteiger partial charge in [0, 0.05) is 17.4 Å². The molecule has 2 aromatic rings. The first kappa shape index (κ1) is 17.9. The molecular weight excluding hydrogens is 331 g/mol. The van der Waals surface area contributed by atoms with E-state index in [0.29, 0.717) is 11.5 Å². The van der Waals surface area contributed by atoms with Crippen LogP contribution >= 0.6 is 0 Å². The van der Waals surface area contributed by atoms with E-state index in [9.17, 15) is 9.50 Å². The van der Waals surface area contributed by atoms with Crippen LogP contribution in [0.1, 0.15) is 63.0 Å². The van der Waals surface area contributed by atoms with Crippen molar-refractivity contribution >= 4 is 11.0 Å². The summed E-state index contributed by atoms with van der Waals surface area (Å²) >= 11 is 0. The second-order valence-corrected chi connectivity index (χ2v) is 8.28. The third-order valence-corrected chi connectivity index (χ3v) is 6.61. The van der Waals surface area contributed by atoms with Gasteiger partial charge in [-0.1, -0.05) is 24.4 Å². The standard InChI is InChI=1S/C21H28FN2O2/c22-17-4-5-18-19(14-17)26-23-20(18)16-6-11-24(12-7-16)13-10-21(15-25)8-2-1-3-9-21/h4-5,14,16H,1-3,6-13,15H2. The number of halogens is 1. The zero-order valence-electron chi connectivity index (χ0n) is 15.4. The maximum atomic E-state index is 13.3. The molecule has 1 aromatic heterocycles. The van der Waals surface area contributed by atoms with Crippen molar-refractivity contribution in [1.29, 1.82) is 0 Å². The number of piperidine rings is 1. The zero-order chi connectivity index (χ0) is 18.0. The number of benzene rings is 1. The molecule has 0 N–H and O–H groups in total. The molecule has 2 fully saturated rings. The molecule has 0 spiro atoms. The van der Waals surface area contributed by atoms with Crippen molar-refractivity contribution in [2.45, 2.75) is 57.3 Å². The van der Waals surface area contributed by atoms with Gasteiger partial charge < -0.3 is 9.42 Å². The molecular formula is C21H28FN2O2. The molecule has 4 nitrogen and oxygen atoms in total. The van der Waals surface area contributed by atoms with E-state index in [1.54, 1.807) is 6.07 Å². The van der Waals surface area contributed by atoms with E-state index in [4.69, 9.17) is 4.52 Å². The van der Waals surface area contributed by atoms with Gasteiger partial charge in [0.05, 0.1) is 12.3 Å². The summed E-state index contributed by atoms with van der Waals surface area (Å²) in [5.74, 6) is 0.0890. The second kappa shape index (κ2) is 7.65. The minimum absolute atomic E-state index is 0.0570. The van der Waals surface area contributed by atoms with Gasteiger partial charge >= 0.3 is 0 Å². The van der Waals surface area contributed by atoms with E-state index in [-0.39, 0.29) is 17.8 Å². The van der Waals surface area contributed by atoms with Crippen LogP contribution in [0.3, 0.4) is 0 Å². The van der Waals surface area contributed by atoms with E-state index in [2.05, 4.69) is 10.1 Å². The first-order valence-electron chi connectivity index (χ1n) is 10.0. The van der Waals surface area contributed by atoms with Crippen molar-refractivity contribution in [2.24, 2.45) is 5.41 Å². The molecule has 1 aromatic carbocycles. The highest BCUT2D eigenvalue weighted by atomic mass is 19.1. The lowest BCUT2D eigenvalue weighted by Gasteiger charge is -2.38. The Morgan fingerprint density at radius 1 is 1.19 bits per heavy atom. The van der Waals surface area contributed by atoms with Crippen molar-refractivity contribution in [3.8, 4) is 0 Å². The number of likely N-dealkylation sites (tertiary alicyclic amines) is 1. The Labute approximate surface area is 154 Å². The molecule has 0 bridgehead atoms. The summed E-state index contributed by atoms with van der Waals surface area (Å²) in [5.41, 5.74) is 1.57. The van der Waals surface area contributed by atoms with Gasteiger partial charge in [-0.05, 0) is 69.3 Å². The molecule has 0 amide bonds. The molecule has 4 rings (SSSR count). The van der Waals surface area contributed by atoms with Gasteiger partial charge in [0.25, 0.3) is 0 Å². The van der Waals surface area contributed by atoms with Crippen LogP contribution in [-0.4, -0.2) is 36.3 Å². The van der Waals surface area contributed by atoms with Crippen molar-refractivity contribution in [1.82, 2.24) is 10.1 Å². The highest BCUT2D eigenvalue weighted by Gasteiger charge is 2.33. The van der Waals surface area contributed by atoms with Gasteiger partial charge in [0.1, 0.15) is 5.82 Å². The van der Waals surface area contributed by atoms with Crippen LogP contribution in [0.4, 0.5) is 4.39 Å². The number of aromatic nitrogens is 1. The average molecular weight is 359 g/mol. The molecule has 141 valence electrons. The van der Waals surface area contributed by atoms with Crippen molar-refractivity contribution in [2.75, 3.05) is 26.2 Å². The van der Waals surface area contributed by atoms with Crippen LogP contribution in [0.5, 0.6) is 0 Å². The molecule has 1 aliphatic heterocycles. The monoisotopic (exact) mass is 359 g/mol. The van der Waals surface area contributed by atoms with Gasteiger partial charge in [0.2, 0.25) is 0 Å². The zero-order valence-corrected chi connectivity index (χ0v) is 15.4. The number of hydrogen-bond donors (Lipinski definition) is 0. The minimum Gasteiger partial charge on any atom is -0.356 e. The third-order valence-electron chi connectivity index (χ3n) is 6.61. The van der Waals surface area contributed by atoms with Crippen LogP contribution in [0, 0.1) is 11.2 Å². The number of fused-ring (bicyclic) bond motifs is 1. The van der Waals surface area contributed by atoms with E-state index >= 15 is 0 Å². The summed E-state index contributed by atoms with van der Waals surface area (Å²) in [5, 5.41) is 16.9. The van der Waals surface area contributed by atoms with Crippen LogP contribution in [0.2, 0.25) is 0 Å². The Balaban J connectivity index is 1.33. The molecule has 2 aliphatic rings. The summed E-state index contributed by atoms with van der Waals surface area (Å²) < 4.78 is 18.6. The molecule has 1 saturated carbocycles. The second-order valence-electron chi connectivity index (χ2n) is 8.28. The normalized spacial score (nSPS) is 22.1. The highest BCUT2D eigenvalue weighted by molar-refractivity contribution is 5.79. The van der Waals surface area contributed by atoms with Gasteiger partial charge in [-0.3, -0.25) is 0 Å².